The summed E-state index contributed by atoms with van der Waals surface area (Å²) in [5, 5.41) is 11.1. The van der Waals surface area contributed by atoms with Gasteiger partial charge in [0, 0.05) is 5.38 Å². The number of methoxy groups -OCH3 is 1. The van der Waals surface area contributed by atoms with Gasteiger partial charge in [0.05, 0.1) is 31.3 Å². The molecule has 0 spiro atoms. The van der Waals surface area contributed by atoms with E-state index in [0.29, 0.717) is 6.54 Å². The zero-order valence-corrected chi connectivity index (χ0v) is 17.1. The van der Waals surface area contributed by atoms with Crippen LogP contribution in [0.15, 0.2) is 93.0 Å². The normalized spacial score (nSPS) is 12.3. The third-order valence-electron chi connectivity index (χ3n) is 4.55. The van der Waals surface area contributed by atoms with Crippen molar-refractivity contribution in [1.29, 1.82) is 0 Å². The molecule has 0 saturated heterocycles. The van der Waals surface area contributed by atoms with Crippen molar-refractivity contribution in [3.05, 3.63) is 94.5 Å². The summed E-state index contributed by atoms with van der Waals surface area (Å²) in [6.45, 7) is 2.55. The first-order valence-corrected chi connectivity index (χ1v) is 10.1. The molecule has 0 N–H and O–H groups in total. The first-order valence-electron chi connectivity index (χ1n) is 9.23. The maximum atomic E-state index is 5.56. The first-order chi connectivity index (χ1) is 14.2. The van der Waals surface area contributed by atoms with Gasteiger partial charge >= 0.3 is 0 Å². The molecular formula is C23H21N3O2S. The Balaban J connectivity index is 1.73. The fraction of sp³-hybridized carbons (Fsp3) is 0.130. The summed E-state index contributed by atoms with van der Waals surface area (Å²) in [6, 6.07) is 21.9. The second-order valence-electron chi connectivity index (χ2n) is 6.45. The minimum absolute atomic E-state index is 0.594. The Morgan fingerprint density at radius 3 is 2.52 bits per heavy atom. The fourth-order valence-corrected chi connectivity index (χ4v) is 3.83. The summed E-state index contributed by atoms with van der Waals surface area (Å²) in [7, 11) is 1.66. The van der Waals surface area contributed by atoms with E-state index in [2.05, 4.69) is 32.3 Å². The van der Waals surface area contributed by atoms with Gasteiger partial charge in [-0.1, -0.05) is 30.3 Å². The van der Waals surface area contributed by atoms with Crippen LogP contribution in [0.2, 0.25) is 0 Å². The lowest BCUT2D eigenvalue weighted by atomic mass is 10.1. The zero-order chi connectivity index (χ0) is 20.1. The first kappa shape index (κ1) is 19.0. The van der Waals surface area contributed by atoms with Gasteiger partial charge in [-0.2, -0.15) is 5.10 Å². The van der Waals surface area contributed by atoms with Crippen LogP contribution in [-0.4, -0.2) is 17.4 Å². The Bertz CT molecular complexity index is 1160. The van der Waals surface area contributed by atoms with Gasteiger partial charge in [0.1, 0.15) is 11.5 Å². The molecule has 0 aliphatic heterocycles. The summed E-state index contributed by atoms with van der Waals surface area (Å²) in [5.41, 5.74) is 4.06. The molecule has 0 saturated carbocycles. The van der Waals surface area contributed by atoms with E-state index in [4.69, 9.17) is 9.15 Å². The van der Waals surface area contributed by atoms with Gasteiger partial charge in [0.2, 0.25) is 4.80 Å². The largest absolute Gasteiger partial charge is 0.497 e. The third kappa shape index (κ3) is 4.38. The van der Waals surface area contributed by atoms with Gasteiger partial charge in [-0.3, -0.25) is 0 Å². The number of aromatic nitrogens is 1. The second-order valence-corrected chi connectivity index (χ2v) is 7.29. The van der Waals surface area contributed by atoms with Gasteiger partial charge in [-0.25, -0.2) is 0 Å². The van der Waals surface area contributed by atoms with E-state index in [1.807, 2.05) is 61.5 Å². The Kier molecular flexibility index (Phi) is 5.72. The SMILES string of the molecule is COc1ccc(C(C)=NN=c2scc(-c3ccccc3)n2Cc2ccco2)cc1. The van der Waals surface area contributed by atoms with Crippen molar-refractivity contribution in [1.82, 2.24) is 4.57 Å². The highest BCUT2D eigenvalue weighted by molar-refractivity contribution is 7.07. The van der Waals surface area contributed by atoms with Crippen LogP contribution in [0, 0.1) is 0 Å². The summed E-state index contributed by atoms with van der Waals surface area (Å²) >= 11 is 1.56. The van der Waals surface area contributed by atoms with Crippen LogP contribution in [0.1, 0.15) is 18.2 Å². The molecule has 0 radical (unpaired) electrons. The highest BCUT2D eigenvalue weighted by atomic mass is 32.1. The Morgan fingerprint density at radius 1 is 1.03 bits per heavy atom. The molecule has 29 heavy (non-hydrogen) atoms. The second kappa shape index (κ2) is 8.75. The number of hydrogen-bond donors (Lipinski definition) is 0. The third-order valence-corrected chi connectivity index (χ3v) is 5.41. The number of ether oxygens (including phenoxy) is 1. The van der Waals surface area contributed by atoms with Crippen molar-refractivity contribution in [2.24, 2.45) is 10.2 Å². The Morgan fingerprint density at radius 2 is 1.83 bits per heavy atom. The Hall–Kier alpha value is -3.38. The molecule has 0 amide bonds. The van der Waals surface area contributed by atoms with Gasteiger partial charge in [-0.15, -0.1) is 16.4 Å². The molecule has 2 heterocycles. The summed E-state index contributed by atoms with van der Waals surface area (Å²) in [4.78, 5) is 0.813. The average Bonchev–Trinajstić information content (AvgIpc) is 3.43. The molecule has 6 heteroatoms. The number of benzene rings is 2. The van der Waals surface area contributed by atoms with E-state index < -0.39 is 0 Å². The maximum Gasteiger partial charge on any atom is 0.211 e. The van der Waals surface area contributed by atoms with Crippen molar-refractivity contribution < 1.29 is 9.15 Å². The lowest BCUT2D eigenvalue weighted by Gasteiger charge is -2.07. The molecule has 0 aliphatic rings. The lowest BCUT2D eigenvalue weighted by Crippen LogP contribution is -2.16. The summed E-state index contributed by atoms with van der Waals surface area (Å²) < 4.78 is 12.9. The minimum Gasteiger partial charge on any atom is -0.497 e. The van der Waals surface area contributed by atoms with Crippen LogP contribution in [0.3, 0.4) is 0 Å². The van der Waals surface area contributed by atoms with Gasteiger partial charge in [0.15, 0.2) is 0 Å². The van der Waals surface area contributed by atoms with Crippen LogP contribution in [-0.2, 0) is 6.54 Å². The van der Waals surface area contributed by atoms with Gasteiger partial charge < -0.3 is 13.7 Å². The van der Waals surface area contributed by atoms with E-state index in [1.165, 1.54) is 0 Å². The molecule has 0 atom stereocenters. The molecule has 2 aromatic heterocycles. The highest BCUT2D eigenvalue weighted by Crippen LogP contribution is 2.21. The van der Waals surface area contributed by atoms with Crippen LogP contribution in [0.4, 0.5) is 0 Å². The lowest BCUT2D eigenvalue weighted by molar-refractivity contribution is 0.415. The van der Waals surface area contributed by atoms with Crippen LogP contribution in [0.25, 0.3) is 11.3 Å². The van der Waals surface area contributed by atoms with E-state index in [0.717, 1.165) is 38.8 Å². The monoisotopic (exact) mass is 403 g/mol. The minimum atomic E-state index is 0.594. The van der Waals surface area contributed by atoms with E-state index in [9.17, 15) is 0 Å². The molecule has 0 aliphatic carbocycles. The predicted octanol–water partition coefficient (Wildman–Crippen LogP) is 5.19. The molecule has 0 unspecified atom stereocenters. The quantitative estimate of drug-likeness (QED) is 0.329. The number of hydrogen-bond acceptors (Lipinski definition) is 5. The van der Waals surface area contributed by atoms with E-state index >= 15 is 0 Å². The predicted molar refractivity (Wildman–Crippen MR) is 116 cm³/mol. The Labute approximate surface area is 173 Å². The maximum absolute atomic E-state index is 5.56. The van der Waals surface area contributed by atoms with Gasteiger partial charge in [0.25, 0.3) is 0 Å². The number of furan rings is 1. The van der Waals surface area contributed by atoms with Crippen LogP contribution < -0.4 is 9.54 Å². The number of nitrogens with zero attached hydrogens (tertiary/aromatic N) is 3. The molecule has 146 valence electrons. The van der Waals surface area contributed by atoms with Crippen molar-refractivity contribution >= 4 is 17.0 Å². The van der Waals surface area contributed by atoms with E-state index in [-0.39, 0.29) is 0 Å². The molecule has 0 bridgehead atoms. The highest BCUT2D eigenvalue weighted by Gasteiger charge is 2.10. The molecule has 0 fully saturated rings. The van der Waals surface area contributed by atoms with Gasteiger partial charge in [-0.05, 0) is 54.4 Å². The zero-order valence-electron chi connectivity index (χ0n) is 16.3. The fourth-order valence-electron chi connectivity index (χ4n) is 2.97. The average molecular weight is 404 g/mol. The van der Waals surface area contributed by atoms with Crippen LogP contribution >= 0.6 is 11.3 Å². The molecule has 5 nitrogen and oxygen atoms in total. The standard InChI is InChI=1S/C23H21N3O2S/c1-17(18-10-12-20(27-2)13-11-18)24-25-23-26(15-21-9-6-14-28-21)22(16-29-23)19-7-4-3-5-8-19/h3-14,16H,15H2,1-2H3. The topological polar surface area (TPSA) is 52.0 Å². The molecular weight excluding hydrogens is 382 g/mol. The molecule has 4 rings (SSSR count). The number of thiazole rings is 1. The molecule has 2 aromatic carbocycles. The molecule has 4 aromatic rings. The van der Waals surface area contributed by atoms with Crippen molar-refractivity contribution in [2.75, 3.05) is 7.11 Å². The summed E-state index contributed by atoms with van der Waals surface area (Å²) in [5.74, 6) is 1.69. The summed E-state index contributed by atoms with van der Waals surface area (Å²) in [6.07, 6.45) is 1.69. The van der Waals surface area contributed by atoms with E-state index in [1.54, 1.807) is 24.7 Å². The van der Waals surface area contributed by atoms with Crippen molar-refractivity contribution in [2.45, 2.75) is 13.5 Å². The van der Waals surface area contributed by atoms with Crippen molar-refractivity contribution in [3.63, 3.8) is 0 Å². The number of rotatable bonds is 6. The smallest absolute Gasteiger partial charge is 0.211 e. The van der Waals surface area contributed by atoms with Crippen LogP contribution in [0.5, 0.6) is 5.75 Å². The van der Waals surface area contributed by atoms with Crippen molar-refractivity contribution in [3.8, 4) is 17.0 Å².